The molecule has 0 aliphatic carbocycles. The third kappa shape index (κ3) is 7.86. The summed E-state index contributed by atoms with van der Waals surface area (Å²) in [5.41, 5.74) is 2.13. The van der Waals surface area contributed by atoms with Gasteiger partial charge in [-0.25, -0.2) is 4.79 Å². The van der Waals surface area contributed by atoms with Crippen LogP contribution in [0.4, 0.5) is 4.79 Å². The Hall–Kier alpha value is -4.40. The Kier molecular flexibility index (Phi) is 11.7. The molecular weight excluding hydrogens is 729 g/mol. The Morgan fingerprint density at radius 2 is 1.51 bits per heavy atom. The minimum absolute atomic E-state index is 0.0303. The molecule has 0 bridgehead atoms. The van der Waals surface area contributed by atoms with Crippen LogP contribution in [0.2, 0.25) is 10.0 Å². The summed E-state index contributed by atoms with van der Waals surface area (Å²) < 4.78 is 6.31. The maximum Gasteiger partial charge on any atom is 0.326 e. The van der Waals surface area contributed by atoms with Crippen molar-refractivity contribution in [2.75, 3.05) is 26.7 Å². The van der Waals surface area contributed by atoms with Gasteiger partial charge in [-0.3, -0.25) is 19.7 Å². The highest BCUT2D eigenvalue weighted by molar-refractivity contribution is 6.30. The number of hydrogen-bond donors (Lipinski definition) is 0. The van der Waals surface area contributed by atoms with Crippen LogP contribution in [0.5, 0.6) is 5.75 Å². The van der Waals surface area contributed by atoms with E-state index in [1.54, 1.807) is 6.20 Å². The number of likely N-dealkylation sites (tertiary alicyclic amines) is 1. The molecule has 3 atom stereocenters. The molecule has 290 valence electrons. The predicted molar refractivity (Wildman–Crippen MR) is 222 cm³/mol. The fourth-order valence-corrected chi connectivity index (χ4v) is 8.14. The number of benzene rings is 3. The lowest BCUT2D eigenvalue weighted by Gasteiger charge is -2.47. The van der Waals surface area contributed by atoms with E-state index in [0.29, 0.717) is 66.2 Å². The zero-order valence-electron chi connectivity index (χ0n) is 33.3. The molecule has 1 aromatic heterocycles. The van der Waals surface area contributed by atoms with Gasteiger partial charge in [-0.1, -0.05) is 98.6 Å². The summed E-state index contributed by atoms with van der Waals surface area (Å²) in [7, 11) is 1.88. The molecule has 1 fully saturated rings. The van der Waals surface area contributed by atoms with Gasteiger partial charge in [0.05, 0.1) is 18.2 Å². The second-order valence-corrected chi connectivity index (χ2v) is 17.1. The molecule has 0 spiro atoms. The lowest BCUT2D eigenvalue weighted by atomic mass is 9.71. The highest BCUT2D eigenvalue weighted by Gasteiger charge is 2.60. The number of amidine groups is 1. The second-order valence-electron chi connectivity index (χ2n) is 16.2. The van der Waals surface area contributed by atoms with Crippen molar-refractivity contribution in [3.05, 3.63) is 129 Å². The first kappa shape index (κ1) is 40.3. The van der Waals surface area contributed by atoms with Gasteiger partial charge in [-0.05, 0) is 87.4 Å². The van der Waals surface area contributed by atoms with Crippen molar-refractivity contribution >= 4 is 41.0 Å². The van der Waals surface area contributed by atoms with Crippen LogP contribution in [0.3, 0.4) is 0 Å². The molecule has 55 heavy (non-hydrogen) atoms. The van der Waals surface area contributed by atoms with E-state index in [0.717, 1.165) is 22.4 Å². The number of halogens is 2. The smallest absolute Gasteiger partial charge is 0.326 e. The monoisotopic (exact) mass is 781 g/mol. The fourth-order valence-electron chi connectivity index (χ4n) is 7.89. The van der Waals surface area contributed by atoms with Crippen LogP contribution < -0.4 is 4.74 Å². The standard InChI is InChI=1S/C45H53Cl2N5O3/c1-9-55-38-28-39(43(3,4)5)48-29-37(38)41-49-44(6,33-15-19-35(46)20-16-33)45(7,34-17-21-36(47)22-18-34)52(41)42(54)51-25-23-31(24-26-51)27-40(53)50(8)30(2)32-13-11-10-12-14-32/h10-22,28-31H,9,23-27H2,1-8H3/t30-,44+,45-/m1/s1. The van der Waals surface area contributed by atoms with Gasteiger partial charge in [-0.15, -0.1) is 0 Å². The van der Waals surface area contributed by atoms with Gasteiger partial charge in [-0.2, -0.15) is 0 Å². The Labute approximate surface area is 336 Å². The van der Waals surface area contributed by atoms with Crippen molar-refractivity contribution in [2.24, 2.45) is 10.9 Å². The van der Waals surface area contributed by atoms with Crippen LogP contribution in [0.25, 0.3) is 0 Å². The number of rotatable bonds is 9. The highest BCUT2D eigenvalue weighted by atomic mass is 35.5. The molecule has 3 amide bonds. The maximum atomic E-state index is 15.4. The van der Waals surface area contributed by atoms with Crippen molar-refractivity contribution in [1.82, 2.24) is 19.7 Å². The second kappa shape index (κ2) is 16.0. The molecule has 10 heteroatoms. The van der Waals surface area contributed by atoms with Crippen molar-refractivity contribution < 1.29 is 14.3 Å². The molecule has 8 nitrogen and oxygen atoms in total. The molecular formula is C45H53Cl2N5O3. The first-order chi connectivity index (χ1) is 26.1. The highest BCUT2D eigenvalue weighted by Crippen LogP contribution is 2.54. The summed E-state index contributed by atoms with van der Waals surface area (Å²) in [6.07, 6.45) is 3.66. The third-order valence-corrected chi connectivity index (χ3v) is 12.2. The molecule has 3 heterocycles. The summed E-state index contributed by atoms with van der Waals surface area (Å²) in [5.74, 6) is 1.36. The number of urea groups is 1. The number of aromatic nitrogens is 1. The molecule has 1 saturated heterocycles. The number of carbonyl (C=O) groups excluding carboxylic acids is 2. The van der Waals surface area contributed by atoms with Gasteiger partial charge < -0.3 is 14.5 Å². The number of nitrogens with zero attached hydrogens (tertiary/aromatic N) is 5. The van der Waals surface area contributed by atoms with Crippen LogP contribution >= 0.6 is 23.2 Å². The number of carbonyl (C=O) groups is 2. The Morgan fingerprint density at radius 3 is 2.07 bits per heavy atom. The fraction of sp³-hybridized carbons (Fsp3) is 0.422. The van der Waals surface area contributed by atoms with Gasteiger partial charge in [0.25, 0.3) is 0 Å². The molecule has 3 aromatic carbocycles. The normalized spacial score (nSPS) is 20.9. The molecule has 2 aliphatic rings. The summed E-state index contributed by atoms with van der Waals surface area (Å²) in [4.78, 5) is 44.9. The van der Waals surface area contributed by atoms with Crippen molar-refractivity contribution in [1.29, 1.82) is 0 Å². The summed E-state index contributed by atoms with van der Waals surface area (Å²) in [6.45, 7) is 15.9. The van der Waals surface area contributed by atoms with Crippen LogP contribution in [-0.4, -0.2) is 64.2 Å². The Bertz CT molecular complexity index is 2020. The van der Waals surface area contributed by atoms with Crippen LogP contribution in [-0.2, 0) is 21.3 Å². The van der Waals surface area contributed by atoms with Gasteiger partial charge in [0.15, 0.2) is 0 Å². The van der Waals surface area contributed by atoms with Crippen molar-refractivity contribution in [3.8, 4) is 5.75 Å². The molecule has 0 N–H and O–H groups in total. The molecule has 0 unspecified atom stereocenters. The van der Waals surface area contributed by atoms with Gasteiger partial charge in [0, 0.05) is 60.0 Å². The van der Waals surface area contributed by atoms with E-state index in [1.165, 1.54) is 0 Å². The van der Waals surface area contributed by atoms with E-state index in [9.17, 15) is 4.79 Å². The topological polar surface area (TPSA) is 78.3 Å². The molecule has 0 radical (unpaired) electrons. The first-order valence-electron chi connectivity index (χ1n) is 19.2. The lowest BCUT2D eigenvalue weighted by Crippen LogP contribution is -2.59. The quantitative estimate of drug-likeness (QED) is 0.169. The van der Waals surface area contributed by atoms with E-state index in [1.807, 2.05) is 101 Å². The van der Waals surface area contributed by atoms with Crippen LogP contribution in [0.15, 0.2) is 96.1 Å². The number of piperidine rings is 1. The molecule has 4 aromatic rings. The largest absolute Gasteiger partial charge is 0.493 e. The van der Waals surface area contributed by atoms with Crippen LogP contribution in [0, 0.1) is 5.92 Å². The summed E-state index contributed by atoms with van der Waals surface area (Å²) in [6, 6.07) is 27.2. The van der Waals surface area contributed by atoms with Gasteiger partial charge >= 0.3 is 6.03 Å². The van der Waals surface area contributed by atoms with E-state index < -0.39 is 11.1 Å². The molecule has 6 rings (SSSR count). The minimum Gasteiger partial charge on any atom is -0.493 e. The first-order valence-corrected chi connectivity index (χ1v) is 20.0. The number of aliphatic imine (C=N–C) groups is 1. The molecule has 0 saturated carbocycles. The summed E-state index contributed by atoms with van der Waals surface area (Å²) in [5, 5.41) is 1.21. The van der Waals surface area contributed by atoms with E-state index in [-0.39, 0.29) is 29.3 Å². The number of amides is 3. The SMILES string of the molecule is CCOc1cc(C(C)(C)C)ncc1C1=N[C@@](C)(c2ccc(Cl)cc2)[C@@](C)(c2ccc(Cl)cc2)N1C(=O)N1CCC(CC(=O)N(C)[C@H](C)c2ccccc2)CC1. The average Bonchev–Trinajstić information content (AvgIpc) is 3.42. The number of ether oxygens (including phenoxy) is 1. The number of pyridine rings is 1. The number of hydrogen-bond acceptors (Lipinski definition) is 5. The zero-order valence-corrected chi connectivity index (χ0v) is 34.8. The summed E-state index contributed by atoms with van der Waals surface area (Å²) >= 11 is 12.9. The Morgan fingerprint density at radius 1 is 0.927 bits per heavy atom. The predicted octanol–water partition coefficient (Wildman–Crippen LogP) is 10.4. The third-order valence-electron chi connectivity index (χ3n) is 11.7. The Balaban J connectivity index is 1.38. The minimum atomic E-state index is -1.03. The van der Waals surface area contributed by atoms with Crippen LogP contribution in [0.1, 0.15) is 102 Å². The van der Waals surface area contributed by atoms with Crippen molar-refractivity contribution in [3.63, 3.8) is 0 Å². The van der Waals surface area contributed by atoms with E-state index >= 15 is 4.79 Å². The lowest BCUT2D eigenvalue weighted by molar-refractivity contribution is -0.133. The molecule has 2 aliphatic heterocycles. The average molecular weight is 783 g/mol. The maximum absolute atomic E-state index is 15.4. The zero-order chi connectivity index (χ0) is 39.7. The van der Waals surface area contributed by atoms with E-state index in [4.69, 9.17) is 37.9 Å². The van der Waals surface area contributed by atoms with Gasteiger partial charge in [0.2, 0.25) is 5.91 Å². The van der Waals surface area contributed by atoms with Crippen molar-refractivity contribution in [2.45, 2.75) is 90.3 Å². The van der Waals surface area contributed by atoms with E-state index in [2.05, 4.69) is 53.7 Å². The van der Waals surface area contributed by atoms with Gasteiger partial charge in [0.1, 0.15) is 22.7 Å².